The second kappa shape index (κ2) is 7.53. The number of thioether (sulfide) groups is 1. The summed E-state index contributed by atoms with van der Waals surface area (Å²) in [5.41, 5.74) is 1.30. The third-order valence-electron chi connectivity index (χ3n) is 3.83. The first kappa shape index (κ1) is 15.9. The van der Waals surface area contributed by atoms with Gasteiger partial charge >= 0.3 is 0 Å². The van der Waals surface area contributed by atoms with Crippen LogP contribution < -0.4 is 5.32 Å². The summed E-state index contributed by atoms with van der Waals surface area (Å²) < 4.78 is 5.93. The normalized spacial score (nSPS) is 20.8. The Labute approximate surface area is 127 Å². The molecule has 1 N–H and O–H groups in total. The van der Waals surface area contributed by atoms with Crippen molar-refractivity contribution in [1.29, 1.82) is 0 Å². The van der Waals surface area contributed by atoms with Crippen molar-refractivity contribution in [3.05, 3.63) is 23.2 Å². The largest absolute Gasteiger partial charge is 0.465 e. The molecule has 114 valence electrons. The summed E-state index contributed by atoms with van der Waals surface area (Å²) in [7, 11) is 0. The van der Waals surface area contributed by atoms with E-state index in [-0.39, 0.29) is 0 Å². The number of hydrogen-bond donors (Lipinski definition) is 1. The van der Waals surface area contributed by atoms with Crippen molar-refractivity contribution >= 4 is 11.8 Å². The topological polar surface area (TPSA) is 28.4 Å². The highest BCUT2D eigenvalue weighted by atomic mass is 32.2. The summed E-state index contributed by atoms with van der Waals surface area (Å²) in [6.45, 7) is 12.9. The molecule has 0 aliphatic carbocycles. The van der Waals surface area contributed by atoms with Gasteiger partial charge in [-0.15, -0.1) is 0 Å². The second-order valence-electron chi connectivity index (χ2n) is 5.97. The minimum absolute atomic E-state index is 0.511. The molecule has 2 heterocycles. The number of aryl methyl sites for hydroxylation is 1. The predicted molar refractivity (Wildman–Crippen MR) is 87.2 cm³/mol. The molecule has 1 aromatic heterocycles. The van der Waals surface area contributed by atoms with Crippen LogP contribution in [0, 0.1) is 6.92 Å². The average molecular weight is 296 g/mol. The standard InChI is InChI=1S/C16H28N2OS/c1-5-16-11-18(6-7-20-16)10-15-8-14(13(4)19-15)9-17-12(2)3/h8,12,16-17H,5-7,9-11H2,1-4H3. The third-order valence-corrected chi connectivity index (χ3v) is 5.20. The van der Waals surface area contributed by atoms with E-state index in [0.717, 1.165) is 29.9 Å². The van der Waals surface area contributed by atoms with Crippen LogP contribution in [0.3, 0.4) is 0 Å². The van der Waals surface area contributed by atoms with E-state index in [1.807, 2.05) is 0 Å². The molecule has 0 radical (unpaired) electrons. The fourth-order valence-corrected chi connectivity index (χ4v) is 3.80. The second-order valence-corrected chi connectivity index (χ2v) is 7.37. The van der Waals surface area contributed by atoms with Gasteiger partial charge in [-0.1, -0.05) is 20.8 Å². The van der Waals surface area contributed by atoms with Gasteiger partial charge in [-0.05, 0) is 19.4 Å². The zero-order valence-electron chi connectivity index (χ0n) is 13.2. The molecule has 1 unspecified atom stereocenters. The minimum Gasteiger partial charge on any atom is -0.465 e. The zero-order chi connectivity index (χ0) is 14.5. The predicted octanol–water partition coefficient (Wildman–Crippen LogP) is 3.41. The van der Waals surface area contributed by atoms with Crippen molar-refractivity contribution in [2.75, 3.05) is 18.8 Å². The van der Waals surface area contributed by atoms with Crippen molar-refractivity contribution < 1.29 is 4.42 Å². The van der Waals surface area contributed by atoms with Gasteiger partial charge in [0.15, 0.2) is 0 Å². The van der Waals surface area contributed by atoms with Crippen LogP contribution in [0.4, 0.5) is 0 Å². The molecule has 3 nitrogen and oxygen atoms in total. The molecular formula is C16H28N2OS. The Balaban J connectivity index is 1.91. The molecule has 1 aliphatic rings. The summed E-state index contributed by atoms with van der Waals surface area (Å²) in [6, 6.07) is 2.74. The molecule has 0 aromatic carbocycles. The van der Waals surface area contributed by atoms with Gasteiger partial charge in [0.05, 0.1) is 6.54 Å². The van der Waals surface area contributed by atoms with Crippen LogP contribution in [0.15, 0.2) is 10.5 Å². The molecular weight excluding hydrogens is 268 g/mol. The molecule has 0 bridgehead atoms. The van der Waals surface area contributed by atoms with Crippen LogP contribution in [0.1, 0.15) is 44.3 Å². The van der Waals surface area contributed by atoms with Gasteiger partial charge in [0.2, 0.25) is 0 Å². The number of furan rings is 1. The van der Waals surface area contributed by atoms with Crippen LogP contribution in [-0.2, 0) is 13.1 Å². The van der Waals surface area contributed by atoms with E-state index in [2.05, 4.69) is 55.7 Å². The van der Waals surface area contributed by atoms with Crippen LogP contribution >= 0.6 is 11.8 Å². The average Bonchev–Trinajstić information content (AvgIpc) is 2.76. The lowest BCUT2D eigenvalue weighted by Gasteiger charge is -2.31. The van der Waals surface area contributed by atoms with Gasteiger partial charge in [0, 0.05) is 42.2 Å². The smallest absolute Gasteiger partial charge is 0.118 e. The van der Waals surface area contributed by atoms with E-state index >= 15 is 0 Å². The number of hydrogen-bond acceptors (Lipinski definition) is 4. The number of nitrogens with zero attached hydrogens (tertiary/aromatic N) is 1. The van der Waals surface area contributed by atoms with E-state index in [0.29, 0.717) is 6.04 Å². The van der Waals surface area contributed by atoms with E-state index in [1.54, 1.807) is 0 Å². The molecule has 0 amide bonds. The van der Waals surface area contributed by atoms with Gasteiger partial charge in [-0.2, -0.15) is 11.8 Å². The lowest BCUT2D eigenvalue weighted by molar-refractivity contribution is 0.248. The first-order valence-electron chi connectivity index (χ1n) is 7.74. The number of nitrogens with one attached hydrogen (secondary N) is 1. The first-order valence-corrected chi connectivity index (χ1v) is 8.79. The van der Waals surface area contributed by atoms with E-state index in [4.69, 9.17) is 4.42 Å². The fraction of sp³-hybridized carbons (Fsp3) is 0.750. The molecule has 4 heteroatoms. The Bertz CT molecular complexity index is 417. The van der Waals surface area contributed by atoms with Crippen molar-refractivity contribution in [1.82, 2.24) is 10.2 Å². The maximum atomic E-state index is 5.93. The highest BCUT2D eigenvalue weighted by Crippen LogP contribution is 2.23. The van der Waals surface area contributed by atoms with Gasteiger partial charge in [0.1, 0.15) is 11.5 Å². The monoisotopic (exact) mass is 296 g/mol. The highest BCUT2D eigenvalue weighted by molar-refractivity contribution is 8.00. The Morgan fingerprint density at radius 1 is 1.50 bits per heavy atom. The molecule has 1 fully saturated rings. The molecule has 1 aliphatic heterocycles. The summed E-state index contributed by atoms with van der Waals surface area (Å²) in [6.07, 6.45) is 1.27. The lowest BCUT2D eigenvalue weighted by atomic mass is 10.2. The molecule has 0 spiro atoms. The number of rotatable bonds is 6. The lowest BCUT2D eigenvalue weighted by Crippen LogP contribution is -2.36. The summed E-state index contributed by atoms with van der Waals surface area (Å²) in [5, 5.41) is 4.25. The molecule has 0 saturated carbocycles. The van der Waals surface area contributed by atoms with Crippen molar-refractivity contribution in [3.63, 3.8) is 0 Å². The van der Waals surface area contributed by atoms with Crippen LogP contribution in [0.2, 0.25) is 0 Å². The van der Waals surface area contributed by atoms with Gasteiger partial charge < -0.3 is 9.73 Å². The maximum absolute atomic E-state index is 5.93. The molecule has 2 rings (SSSR count). The minimum atomic E-state index is 0.511. The van der Waals surface area contributed by atoms with Crippen molar-refractivity contribution in [2.24, 2.45) is 0 Å². The molecule has 20 heavy (non-hydrogen) atoms. The first-order chi connectivity index (χ1) is 9.58. The van der Waals surface area contributed by atoms with Crippen LogP contribution in [0.5, 0.6) is 0 Å². The van der Waals surface area contributed by atoms with Gasteiger partial charge in [-0.3, -0.25) is 4.90 Å². The summed E-state index contributed by atoms with van der Waals surface area (Å²) in [5.74, 6) is 3.43. The van der Waals surface area contributed by atoms with E-state index in [1.165, 1.54) is 30.8 Å². The zero-order valence-corrected chi connectivity index (χ0v) is 14.1. The Kier molecular flexibility index (Phi) is 6.00. The highest BCUT2D eigenvalue weighted by Gasteiger charge is 2.20. The van der Waals surface area contributed by atoms with Gasteiger partial charge in [-0.25, -0.2) is 0 Å². The Morgan fingerprint density at radius 2 is 2.30 bits per heavy atom. The SMILES string of the molecule is CCC1CN(Cc2cc(CNC(C)C)c(C)o2)CCS1. The van der Waals surface area contributed by atoms with Gasteiger partial charge in [0.25, 0.3) is 0 Å². The van der Waals surface area contributed by atoms with E-state index in [9.17, 15) is 0 Å². The fourth-order valence-electron chi connectivity index (χ4n) is 2.55. The van der Waals surface area contributed by atoms with Crippen LogP contribution in [0.25, 0.3) is 0 Å². The molecule has 1 saturated heterocycles. The quantitative estimate of drug-likeness (QED) is 0.871. The Hall–Kier alpha value is -0.450. The van der Waals surface area contributed by atoms with Crippen molar-refractivity contribution in [2.45, 2.75) is 58.5 Å². The Morgan fingerprint density at radius 3 is 3.00 bits per heavy atom. The maximum Gasteiger partial charge on any atom is 0.118 e. The summed E-state index contributed by atoms with van der Waals surface area (Å²) in [4.78, 5) is 2.53. The summed E-state index contributed by atoms with van der Waals surface area (Å²) >= 11 is 2.11. The molecule has 1 aromatic rings. The van der Waals surface area contributed by atoms with Crippen molar-refractivity contribution in [3.8, 4) is 0 Å². The third kappa shape index (κ3) is 4.54. The van der Waals surface area contributed by atoms with Crippen LogP contribution in [-0.4, -0.2) is 35.0 Å². The van der Waals surface area contributed by atoms with E-state index < -0.39 is 0 Å². The molecule has 1 atom stereocenters.